The first kappa shape index (κ1) is 14.5. The van der Waals surface area contributed by atoms with Gasteiger partial charge in [0.05, 0.1) is 17.3 Å². The number of ether oxygens (including phenoxy) is 1. The number of thiazole rings is 1. The molecule has 1 aliphatic carbocycles. The minimum atomic E-state index is 0.0536. The molecular weight excluding hydrogens is 268 g/mol. The summed E-state index contributed by atoms with van der Waals surface area (Å²) in [6.45, 7) is 9.67. The van der Waals surface area contributed by atoms with Crippen LogP contribution in [0.4, 0.5) is 0 Å². The Labute approximate surface area is 126 Å². The molecule has 2 aliphatic rings. The van der Waals surface area contributed by atoms with E-state index in [4.69, 9.17) is 9.72 Å². The van der Waals surface area contributed by atoms with Gasteiger partial charge in [0.25, 0.3) is 0 Å². The Bertz CT molecular complexity index is 461. The minimum absolute atomic E-state index is 0.0536. The maximum atomic E-state index is 5.99. The number of aromatic nitrogens is 1. The zero-order valence-electron chi connectivity index (χ0n) is 13.0. The van der Waals surface area contributed by atoms with Crippen molar-refractivity contribution in [2.45, 2.75) is 71.1 Å². The van der Waals surface area contributed by atoms with E-state index in [0.29, 0.717) is 18.1 Å². The van der Waals surface area contributed by atoms with Crippen LogP contribution in [-0.2, 0) is 10.3 Å². The third kappa shape index (κ3) is 2.78. The van der Waals surface area contributed by atoms with E-state index in [1.807, 2.05) is 11.3 Å². The molecule has 1 saturated carbocycles. The molecule has 0 bridgehead atoms. The standard InChI is InChI=1S/C16H26N2OS/c1-10(2)14-9-16(7-8-19-14,18-13-5-6-13)15-17-11(3)12(4)20-15/h10,13-14,18H,5-9H2,1-4H3. The Balaban J connectivity index is 1.90. The molecule has 2 unspecified atom stereocenters. The zero-order valence-corrected chi connectivity index (χ0v) is 13.8. The van der Waals surface area contributed by atoms with Gasteiger partial charge in [-0.05, 0) is 45.4 Å². The molecule has 1 aromatic heterocycles. The van der Waals surface area contributed by atoms with E-state index < -0.39 is 0 Å². The second-order valence-corrected chi connectivity index (χ2v) is 7.97. The van der Waals surface area contributed by atoms with E-state index >= 15 is 0 Å². The van der Waals surface area contributed by atoms with Crippen molar-refractivity contribution >= 4 is 11.3 Å². The fraction of sp³-hybridized carbons (Fsp3) is 0.812. The summed E-state index contributed by atoms with van der Waals surface area (Å²) in [6, 6.07) is 0.699. The van der Waals surface area contributed by atoms with Crippen molar-refractivity contribution in [3.8, 4) is 0 Å². The van der Waals surface area contributed by atoms with Crippen LogP contribution in [0.1, 0.15) is 55.1 Å². The highest BCUT2D eigenvalue weighted by Gasteiger charge is 2.44. The van der Waals surface area contributed by atoms with Gasteiger partial charge in [-0.25, -0.2) is 4.98 Å². The Hall–Kier alpha value is -0.450. The van der Waals surface area contributed by atoms with Gasteiger partial charge < -0.3 is 10.1 Å². The molecule has 0 spiro atoms. The summed E-state index contributed by atoms with van der Waals surface area (Å²) < 4.78 is 5.99. The summed E-state index contributed by atoms with van der Waals surface area (Å²) in [5, 5.41) is 5.20. The van der Waals surface area contributed by atoms with Gasteiger partial charge in [-0.3, -0.25) is 0 Å². The Morgan fingerprint density at radius 1 is 1.35 bits per heavy atom. The number of hydrogen-bond acceptors (Lipinski definition) is 4. The molecule has 1 saturated heterocycles. The number of rotatable bonds is 4. The second kappa shape index (κ2) is 5.39. The zero-order chi connectivity index (χ0) is 14.3. The third-order valence-electron chi connectivity index (χ3n) is 4.65. The highest BCUT2D eigenvalue weighted by molar-refractivity contribution is 7.11. The van der Waals surface area contributed by atoms with Gasteiger partial charge in [0.15, 0.2) is 0 Å². The lowest BCUT2D eigenvalue weighted by atomic mass is 9.83. The summed E-state index contributed by atoms with van der Waals surface area (Å²) in [5.74, 6) is 0.567. The van der Waals surface area contributed by atoms with Gasteiger partial charge in [0.2, 0.25) is 0 Å². The van der Waals surface area contributed by atoms with Gasteiger partial charge in [0.1, 0.15) is 5.01 Å². The van der Waals surface area contributed by atoms with Gasteiger partial charge in [-0.15, -0.1) is 11.3 Å². The summed E-state index contributed by atoms with van der Waals surface area (Å²) in [5.41, 5.74) is 1.24. The first-order valence-electron chi connectivity index (χ1n) is 7.84. The average Bonchev–Trinajstić information content (AvgIpc) is 3.15. The van der Waals surface area contributed by atoms with E-state index in [0.717, 1.165) is 19.4 Å². The van der Waals surface area contributed by atoms with Crippen molar-refractivity contribution in [2.75, 3.05) is 6.61 Å². The predicted octanol–water partition coefficient (Wildman–Crippen LogP) is 3.54. The molecule has 4 heteroatoms. The van der Waals surface area contributed by atoms with Crippen LogP contribution in [0.2, 0.25) is 0 Å². The van der Waals surface area contributed by atoms with Crippen molar-refractivity contribution in [3.63, 3.8) is 0 Å². The molecule has 3 nitrogen and oxygen atoms in total. The lowest BCUT2D eigenvalue weighted by Gasteiger charge is -2.42. The van der Waals surface area contributed by atoms with Crippen molar-refractivity contribution in [3.05, 3.63) is 15.6 Å². The lowest BCUT2D eigenvalue weighted by molar-refractivity contribution is -0.0540. The van der Waals surface area contributed by atoms with E-state index in [2.05, 4.69) is 33.0 Å². The number of hydrogen-bond donors (Lipinski definition) is 1. The summed E-state index contributed by atoms with van der Waals surface area (Å²) in [7, 11) is 0. The molecule has 20 heavy (non-hydrogen) atoms. The molecular formula is C16H26N2OS. The van der Waals surface area contributed by atoms with E-state index in [1.165, 1.54) is 28.4 Å². The summed E-state index contributed by atoms with van der Waals surface area (Å²) in [4.78, 5) is 6.23. The number of nitrogens with zero attached hydrogens (tertiary/aromatic N) is 1. The highest BCUT2D eigenvalue weighted by atomic mass is 32.1. The Morgan fingerprint density at radius 2 is 2.10 bits per heavy atom. The van der Waals surface area contributed by atoms with Crippen LogP contribution in [0.3, 0.4) is 0 Å². The molecule has 1 aliphatic heterocycles. The molecule has 2 heterocycles. The first-order valence-corrected chi connectivity index (χ1v) is 8.65. The van der Waals surface area contributed by atoms with Gasteiger partial charge in [-0.1, -0.05) is 13.8 Å². The Morgan fingerprint density at radius 3 is 2.65 bits per heavy atom. The van der Waals surface area contributed by atoms with Crippen molar-refractivity contribution in [1.82, 2.24) is 10.3 Å². The van der Waals surface area contributed by atoms with Crippen LogP contribution in [0, 0.1) is 19.8 Å². The monoisotopic (exact) mass is 294 g/mol. The van der Waals surface area contributed by atoms with Gasteiger partial charge >= 0.3 is 0 Å². The van der Waals surface area contributed by atoms with Crippen molar-refractivity contribution in [2.24, 2.45) is 5.92 Å². The normalized spacial score (nSPS) is 30.9. The predicted molar refractivity (Wildman–Crippen MR) is 83.2 cm³/mol. The maximum absolute atomic E-state index is 5.99. The van der Waals surface area contributed by atoms with Crippen LogP contribution < -0.4 is 5.32 Å². The van der Waals surface area contributed by atoms with Crippen LogP contribution in [0.5, 0.6) is 0 Å². The summed E-state index contributed by atoms with van der Waals surface area (Å²) in [6.07, 6.45) is 5.10. The highest BCUT2D eigenvalue weighted by Crippen LogP contribution is 2.41. The summed E-state index contributed by atoms with van der Waals surface area (Å²) >= 11 is 1.87. The third-order valence-corrected chi connectivity index (χ3v) is 5.93. The van der Waals surface area contributed by atoms with E-state index in [-0.39, 0.29) is 5.54 Å². The maximum Gasteiger partial charge on any atom is 0.113 e. The quantitative estimate of drug-likeness (QED) is 0.922. The largest absolute Gasteiger partial charge is 0.378 e. The molecule has 0 aromatic carbocycles. The van der Waals surface area contributed by atoms with Crippen LogP contribution in [-0.4, -0.2) is 23.7 Å². The molecule has 1 N–H and O–H groups in total. The average molecular weight is 294 g/mol. The molecule has 2 atom stereocenters. The molecule has 112 valence electrons. The van der Waals surface area contributed by atoms with Gasteiger partial charge in [-0.2, -0.15) is 0 Å². The van der Waals surface area contributed by atoms with Crippen molar-refractivity contribution < 1.29 is 4.74 Å². The van der Waals surface area contributed by atoms with E-state index in [1.54, 1.807) is 0 Å². The van der Waals surface area contributed by atoms with Crippen LogP contribution in [0.15, 0.2) is 0 Å². The molecule has 3 rings (SSSR count). The SMILES string of the molecule is Cc1nc(C2(NC3CC3)CCOC(C(C)C)C2)sc1C. The van der Waals surface area contributed by atoms with E-state index in [9.17, 15) is 0 Å². The topological polar surface area (TPSA) is 34.2 Å². The number of aryl methyl sites for hydroxylation is 2. The molecule has 2 fully saturated rings. The minimum Gasteiger partial charge on any atom is -0.378 e. The van der Waals surface area contributed by atoms with Crippen LogP contribution >= 0.6 is 11.3 Å². The van der Waals surface area contributed by atoms with Crippen molar-refractivity contribution in [1.29, 1.82) is 0 Å². The van der Waals surface area contributed by atoms with Crippen LogP contribution in [0.25, 0.3) is 0 Å². The molecule has 0 radical (unpaired) electrons. The second-order valence-electron chi connectivity index (χ2n) is 6.77. The number of nitrogens with one attached hydrogen (secondary N) is 1. The molecule has 0 amide bonds. The smallest absolute Gasteiger partial charge is 0.113 e. The molecule has 1 aromatic rings. The fourth-order valence-electron chi connectivity index (χ4n) is 3.00. The van der Waals surface area contributed by atoms with Gasteiger partial charge in [0, 0.05) is 17.5 Å². The Kier molecular flexibility index (Phi) is 3.91. The lowest BCUT2D eigenvalue weighted by Crippen LogP contribution is -2.51. The fourth-order valence-corrected chi connectivity index (χ4v) is 4.11. The first-order chi connectivity index (χ1) is 9.50.